The van der Waals surface area contributed by atoms with Crippen LogP contribution in [0.25, 0.3) is 0 Å². The largest absolute Gasteiger partial charge is 0.326 e. The van der Waals surface area contributed by atoms with E-state index in [1.165, 1.54) is 17.5 Å². The third-order valence-corrected chi connectivity index (χ3v) is 4.69. The average molecular weight is 260 g/mol. The van der Waals surface area contributed by atoms with Gasteiger partial charge in [0, 0.05) is 18.1 Å². The Morgan fingerprint density at radius 1 is 1.26 bits per heavy atom. The van der Waals surface area contributed by atoms with E-state index in [0.29, 0.717) is 5.92 Å². The predicted octanol–water partition coefficient (Wildman–Crippen LogP) is 3.51. The van der Waals surface area contributed by atoms with Crippen LogP contribution in [0.1, 0.15) is 57.6 Å². The summed E-state index contributed by atoms with van der Waals surface area (Å²) in [4.78, 5) is 2.53. The molecule has 2 heteroatoms. The SMILES string of the molecule is CC(C)c1ccc(CN2CCCC(N)C2(C)C)cc1. The van der Waals surface area contributed by atoms with Gasteiger partial charge in [0.25, 0.3) is 0 Å². The molecule has 2 N–H and O–H groups in total. The summed E-state index contributed by atoms with van der Waals surface area (Å²) in [5.74, 6) is 0.605. The molecule has 1 aromatic carbocycles. The van der Waals surface area contributed by atoms with Crippen molar-refractivity contribution < 1.29 is 0 Å². The van der Waals surface area contributed by atoms with Gasteiger partial charge in [0.05, 0.1) is 0 Å². The molecule has 0 aromatic heterocycles. The van der Waals surface area contributed by atoms with Gasteiger partial charge in [-0.2, -0.15) is 0 Å². The first-order chi connectivity index (χ1) is 8.91. The highest BCUT2D eigenvalue weighted by Crippen LogP contribution is 2.28. The van der Waals surface area contributed by atoms with Crippen molar-refractivity contribution >= 4 is 0 Å². The van der Waals surface area contributed by atoms with Gasteiger partial charge in [0.2, 0.25) is 0 Å². The van der Waals surface area contributed by atoms with Crippen molar-refractivity contribution in [2.75, 3.05) is 6.54 Å². The molecule has 0 aliphatic carbocycles. The van der Waals surface area contributed by atoms with E-state index in [1.54, 1.807) is 0 Å². The Bertz CT molecular complexity index is 406. The molecule has 19 heavy (non-hydrogen) atoms. The molecular weight excluding hydrogens is 232 g/mol. The van der Waals surface area contributed by atoms with Crippen molar-refractivity contribution in [3.05, 3.63) is 35.4 Å². The number of likely N-dealkylation sites (tertiary alicyclic amines) is 1. The van der Waals surface area contributed by atoms with Gasteiger partial charge in [-0.25, -0.2) is 0 Å². The Morgan fingerprint density at radius 2 is 1.89 bits per heavy atom. The van der Waals surface area contributed by atoms with Gasteiger partial charge in [-0.15, -0.1) is 0 Å². The molecule has 1 aliphatic heterocycles. The zero-order valence-corrected chi connectivity index (χ0v) is 12.8. The van der Waals surface area contributed by atoms with E-state index in [2.05, 4.69) is 56.9 Å². The van der Waals surface area contributed by atoms with Gasteiger partial charge in [-0.3, -0.25) is 4.90 Å². The second kappa shape index (κ2) is 5.64. The highest BCUT2D eigenvalue weighted by molar-refractivity contribution is 5.25. The average Bonchev–Trinajstić information content (AvgIpc) is 2.36. The maximum Gasteiger partial charge on any atom is 0.0307 e. The second-order valence-corrected chi connectivity index (χ2v) is 6.72. The molecule has 1 atom stereocenters. The van der Waals surface area contributed by atoms with Crippen LogP contribution in [-0.4, -0.2) is 23.0 Å². The fraction of sp³-hybridized carbons (Fsp3) is 0.647. The molecule has 0 saturated carbocycles. The lowest BCUT2D eigenvalue weighted by Gasteiger charge is -2.46. The van der Waals surface area contributed by atoms with E-state index in [9.17, 15) is 0 Å². The Labute approximate surface area is 118 Å². The summed E-state index contributed by atoms with van der Waals surface area (Å²) >= 11 is 0. The number of rotatable bonds is 3. The highest BCUT2D eigenvalue weighted by Gasteiger charge is 2.35. The maximum atomic E-state index is 6.28. The summed E-state index contributed by atoms with van der Waals surface area (Å²) in [5, 5.41) is 0. The normalized spacial score (nSPS) is 23.8. The fourth-order valence-corrected chi connectivity index (χ4v) is 2.89. The molecule has 1 heterocycles. The Kier molecular flexibility index (Phi) is 4.32. The lowest BCUT2D eigenvalue weighted by molar-refractivity contribution is 0.0501. The quantitative estimate of drug-likeness (QED) is 0.901. The summed E-state index contributed by atoms with van der Waals surface area (Å²) in [6, 6.07) is 9.35. The third kappa shape index (κ3) is 3.18. The molecule has 1 aromatic rings. The summed E-state index contributed by atoms with van der Waals surface area (Å²) in [5.41, 5.74) is 9.19. The second-order valence-electron chi connectivity index (χ2n) is 6.72. The van der Waals surface area contributed by atoms with Crippen LogP contribution in [0.4, 0.5) is 0 Å². The number of benzene rings is 1. The van der Waals surface area contributed by atoms with Gasteiger partial charge in [0.15, 0.2) is 0 Å². The van der Waals surface area contributed by atoms with Crippen molar-refractivity contribution in [1.82, 2.24) is 4.90 Å². The standard InChI is InChI=1S/C17H28N2/c1-13(2)15-9-7-14(8-10-15)12-19-11-5-6-16(18)17(19,3)4/h7-10,13,16H,5-6,11-12,18H2,1-4H3. The van der Waals surface area contributed by atoms with Crippen LogP contribution in [-0.2, 0) is 6.54 Å². The first kappa shape index (κ1) is 14.5. The van der Waals surface area contributed by atoms with E-state index in [-0.39, 0.29) is 11.6 Å². The topological polar surface area (TPSA) is 29.3 Å². The molecule has 1 unspecified atom stereocenters. The Morgan fingerprint density at radius 3 is 2.47 bits per heavy atom. The fourth-order valence-electron chi connectivity index (χ4n) is 2.89. The number of hydrogen-bond acceptors (Lipinski definition) is 2. The first-order valence-corrected chi connectivity index (χ1v) is 7.50. The summed E-state index contributed by atoms with van der Waals surface area (Å²) in [7, 11) is 0. The number of piperidine rings is 1. The highest BCUT2D eigenvalue weighted by atomic mass is 15.2. The van der Waals surface area contributed by atoms with E-state index in [4.69, 9.17) is 5.73 Å². The van der Waals surface area contributed by atoms with E-state index < -0.39 is 0 Å². The third-order valence-electron chi connectivity index (χ3n) is 4.69. The molecule has 1 fully saturated rings. The predicted molar refractivity (Wildman–Crippen MR) is 82.2 cm³/mol. The summed E-state index contributed by atoms with van der Waals surface area (Å²) < 4.78 is 0. The van der Waals surface area contributed by atoms with Gasteiger partial charge < -0.3 is 5.73 Å². The van der Waals surface area contributed by atoms with Crippen molar-refractivity contribution in [2.45, 2.75) is 64.6 Å². The molecule has 0 amide bonds. The number of hydrogen-bond donors (Lipinski definition) is 1. The zero-order chi connectivity index (χ0) is 14.0. The van der Waals surface area contributed by atoms with Gasteiger partial charge in [-0.1, -0.05) is 38.1 Å². The van der Waals surface area contributed by atoms with E-state index >= 15 is 0 Å². The molecular formula is C17H28N2. The van der Waals surface area contributed by atoms with Gasteiger partial charge in [0.1, 0.15) is 0 Å². The lowest BCUT2D eigenvalue weighted by Crippen LogP contribution is -2.59. The first-order valence-electron chi connectivity index (χ1n) is 7.50. The Hall–Kier alpha value is -0.860. The minimum atomic E-state index is 0.106. The van der Waals surface area contributed by atoms with Crippen molar-refractivity contribution in [1.29, 1.82) is 0 Å². The summed E-state index contributed by atoms with van der Waals surface area (Å²) in [6.07, 6.45) is 2.37. The number of nitrogens with zero attached hydrogens (tertiary/aromatic N) is 1. The maximum absolute atomic E-state index is 6.28. The lowest BCUT2D eigenvalue weighted by atomic mass is 9.85. The van der Waals surface area contributed by atoms with Crippen LogP contribution in [0.2, 0.25) is 0 Å². The van der Waals surface area contributed by atoms with Crippen molar-refractivity contribution in [2.24, 2.45) is 5.73 Å². The molecule has 2 rings (SSSR count). The summed E-state index contributed by atoms with van der Waals surface area (Å²) in [6.45, 7) is 11.2. The van der Waals surface area contributed by atoms with E-state index in [1.807, 2.05) is 0 Å². The zero-order valence-electron chi connectivity index (χ0n) is 12.8. The van der Waals surface area contributed by atoms with Gasteiger partial charge >= 0.3 is 0 Å². The minimum absolute atomic E-state index is 0.106. The minimum Gasteiger partial charge on any atom is -0.326 e. The molecule has 0 radical (unpaired) electrons. The van der Waals surface area contributed by atoms with Gasteiger partial charge in [-0.05, 0) is 50.3 Å². The monoisotopic (exact) mass is 260 g/mol. The van der Waals surface area contributed by atoms with Crippen LogP contribution >= 0.6 is 0 Å². The molecule has 0 bridgehead atoms. The molecule has 2 nitrogen and oxygen atoms in total. The Balaban J connectivity index is 2.08. The van der Waals surface area contributed by atoms with Crippen LogP contribution in [0, 0.1) is 0 Å². The van der Waals surface area contributed by atoms with Crippen LogP contribution in [0.3, 0.4) is 0 Å². The number of nitrogens with two attached hydrogens (primary N) is 1. The smallest absolute Gasteiger partial charge is 0.0307 e. The molecule has 0 spiro atoms. The van der Waals surface area contributed by atoms with Crippen molar-refractivity contribution in [3.8, 4) is 0 Å². The van der Waals surface area contributed by atoms with Crippen molar-refractivity contribution in [3.63, 3.8) is 0 Å². The van der Waals surface area contributed by atoms with Crippen LogP contribution in [0.15, 0.2) is 24.3 Å². The van der Waals surface area contributed by atoms with Crippen LogP contribution < -0.4 is 5.73 Å². The van der Waals surface area contributed by atoms with Crippen LogP contribution in [0.5, 0.6) is 0 Å². The molecule has 106 valence electrons. The molecule has 1 aliphatic rings. The molecule has 1 saturated heterocycles. The van der Waals surface area contributed by atoms with E-state index in [0.717, 1.165) is 19.5 Å².